The van der Waals surface area contributed by atoms with Crippen LogP contribution in [0.25, 0.3) is 0 Å². The molecule has 2 N–H and O–H groups in total. The van der Waals surface area contributed by atoms with Crippen molar-refractivity contribution in [2.45, 2.75) is 0 Å². The predicted molar refractivity (Wildman–Crippen MR) is 57.8 cm³/mol. The van der Waals surface area contributed by atoms with E-state index in [2.05, 4.69) is 13.6 Å². The van der Waals surface area contributed by atoms with E-state index >= 15 is 0 Å². The molecule has 0 radical (unpaired) electrons. The quantitative estimate of drug-likeness (QED) is 0.482. The van der Waals surface area contributed by atoms with Crippen molar-refractivity contribution in [3.8, 4) is 17.2 Å². The first kappa shape index (κ1) is 12.2. The summed E-state index contributed by atoms with van der Waals surface area (Å²) in [5.41, 5.74) is 1.72. The Hall–Kier alpha value is -2.88. The van der Waals surface area contributed by atoms with Crippen LogP contribution in [-0.2, 0) is 4.57 Å². The Labute approximate surface area is 107 Å². The summed E-state index contributed by atoms with van der Waals surface area (Å²) in [4.78, 5) is 30.9. The molecular weight excluding hydrogens is 301 g/mol. The number of rotatable bonds is 3. The summed E-state index contributed by atoms with van der Waals surface area (Å²) in [6.45, 7) is 0. The number of carbonyl (C=O) groups excluding carboxylic acids is 1. The minimum absolute atomic E-state index is 0.501. The van der Waals surface area contributed by atoms with Gasteiger partial charge in [0.15, 0.2) is 5.56 Å². The van der Waals surface area contributed by atoms with Crippen molar-refractivity contribution >= 4 is 25.1 Å². The molecule has 2 heterocycles. The molecular formula is C7H2N3O9P. The van der Waals surface area contributed by atoms with E-state index in [-0.39, 0.29) is 0 Å². The van der Waals surface area contributed by atoms with Crippen molar-refractivity contribution in [2.75, 3.05) is 0 Å². The molecule has 104 valence electrons. The summed E-state index contributed by atoms with van der Waals surface area (Å²) < 4.78 is 25.7. The van der Waals surface area contributed by atoms with Crippen LogP contribution in [0.3, 0.4) is 0 Å². The first-order chi connectivity index (χ1) is 9.25. The molecule has 0 saturated carbocycles. The lowest BCUT2D eigenvalue weighted by atomic mass is 10.1. The molecule has 0 fully saturated rings. The maximum atomic E-state index is 11.7. The lowest BCUT2D eigenvalue weighted by molar-refractivity contribution is -0.423. The van der Waals surface area contributed by atoms with Crippen molar-refractivity contribution in [3.05, 3.63) is 25.8 Å². The number of hydrogen-bond acceptors (Lipinski definition) is 9. The van der Waals surface area contributed by atoms with Crippen LogP contribution in [-0.4, -0.2) is 15.8 Å². The molecule has 20 heavy (non-hydrogen) atoms. The molecule has 1 aromatic carbocycles. The number of phosphoric ester groups is 1. The Kier molecular flexibility index (Phi) is 2.04. The molecule has 2 bridgehead atoms. The van der Waals surface area contributed by atoms with E-state index in [0.717, 1.165) is 0 Å². The highest BCUT2D eigenvalue weighted by atomic mass is 31.2. The van der Waals surface area contributed by atoms with Crippen LogP contribution in [0.15, 0.2) is 0 Å². The van der Waals surface area contributed by atoms with Crippen LogP contribution in [0.5, 0.6) is 17.2 Å². The zero-order chi connectivity index (χ0) is 14.8. The second-order valence-electron chi connectivity index (χ2n) is 3.66. The van der Waals surface area contributed by atoms with Crippen molar-refractivity contribution in [1.29, 1.82) is 0 Å². The summed E-state index contributed by atoms with van der Waals surface area (Å²) in [5, 5.41) is 21.9. The topological polar surface area (TPSA) is 174 Å². The van der Waals surface area contributed by atoms with Gasteiger partial charge in [0.25, 0.3) is 11.7 Å². The van der Waals surface area contributed by atoms with Crippen LogP contribution in [0.1, 0.15) is 10.4 Å². The fourth-order valence-corrected chi connectivity index (χ4v) is 3.17. The molecule has 1 unspecified atom stereocenters. The number of benzene rings is 1. The number of hydrogen-bond donors (Lipinski definition) is 1. The number of nitrogens with zero attached hydrogens (tertiary/aromatic N) is 2. The van der Waals surface area contributed by atoms with Gasteiger partial charge >= 0.3 is 19.2 Å². The zero-order valence-electron chi connectivity index (χ0n) is 9.09. The predicted octanol–water partition coefficient (Wildman–Crippen LogP) is 0.874. The molecule has 0 spiro atoms. The third kappa shape index (κ3) is 1.30. The smallest absolute Gasteiger partial charge is 0.381 e. The molecule has 1 atom stereocenters. The van der Waals surface area contributed by atoms with Gasteiger partial charge in [-0.05, 0) is 0 Å². The monoisotopic (exact) mass is 303 g/mol. The largest absolute Gasteiger partial charge is 0.647 e. The average molecular weight is 303 g/mol. The van der Waals surface area contributed by atoms with Crippen molar-refractivity contribution in [2.24, 2.45) is 5.73 Å². The standard InChI is InChI=1S/C7H2N3O9P/c8-7(11)1-2(9(12)13)3(10(14)15)5-6-4(1)17-20(16,18-5)19-6/h(H2,8,11). The van der Waals surface area contributed by atoms with Crippen molar-refractivity contribution < 1.29 is 32.8 Å². The average Bonchev–Trinajstić information content (AvgIpc) is 2.79. The molecule has 12 nitrogen and oxygen atoms in total. The van der Waals surface area contributed by atoms with E-state index in [1.165, 1.54) is 0 Å². The summed E-state index contributed by atoms with van der Waals surface area (Å²) in [7, 11) is -4.17. The van der Waals surface area contributed by atoms with Gasteiger partial charge in [0.1, 0.15) is 0 Å². The van der Waals surface area contributed by atoms with E-state index in [1.54, 1.807) is 0 Å². The van der Waals surface area contributed by atoms with Crippen LogP contribution < -0.4 is 19.3 Å². The van der Waals surface area contributed by atoms with Gasteiger partial charge in [0.05, 0.1) is 9.85 Å². The SMILES string of the molecule is NC(=O)c1c2c3c(c([N+](=O)[O-])c1[N+](=O)[O-])OP(=O)(O3)O2. The number of phosphoric acid groups is 1. The van der Waals surface area contributed by atoms with Gasteiger partial charge in [-0.1, -0.05) is 0 Å². The lowest BCUT2D eigenvalue weighted by Crippen LogP contribution is -2.17. The Bertz CT molecular complexity index is 722. The van der Waals surface area contributed by atoms with Gasteiger partial charge in [-0.3, -0.25) is 25.0 Å². The van der Waals surface area contributed by atoms with Gasteiger partial charge in [0.2, 0.25) is 11.5 Å². The van der Waals surface area contributed by atoms with E-state index in [0.29, 0.717) is 0 Å². The molecule has 0 aromatic heterocycles. The second kappa shape index (κ2) is 3.36. The normalized spacial score (nSPS) is 20.8. The number of amides is 1. The number of fused-ring (bicyclic) bond motifs is 1. The zero-order valence-corrected chi connectivity index (χ0v) is 9.99. The molecule has 13 heteroatoms. The Morgan fingerprint density at radius 2 is 1.50 bits per heavy atom. The third-order valence-corrected chi connectivity index (χ3v) is 3.76. The minimum atomic E-state index is -4.17. The van der Waals surface area contributed by atoms with Crippen LogP contribution in [0.4, 0.5) is 11.4 Å². The van der Waals surface area contributed by atoms with Gasteiger partial charge in [-0.25, -0.2) is 0 Å². The van der Waals surface area contributed by atoms with Crippen LogP contribution >= 0.6 is 7.82 Å². The van der Waals surface area contributed by atoms with Gasteiger partial charge in [0, 0.05) is 0 Å². The minimum Gasteiger partial charge on any atom is -0.381 e. The van der Waals surface area contributed by atoms with Crippen molar-refractivity contribution in [1.82, 2.24) is 0 Å². The van der Waals surface area contributed by atoms with Gasteiger partial charge < -0.3 is 19.3 Å². The molecule has 1 aromatic rings. The molecule has 0 saturated heterocycles. The summed E-state index contributed by atoms with van der Waals surface area (Å²) in [5.74, 6) is -3.16. The molecule has 3 rings (SSSR count). The number of nitro benzene ring substituents is 2. The molecule has 1 amide bonds. The summed E-state index contributed by atoms with van der Waals surface area (Å²) >= 11 is 0. The fraction of sp³-hybridized carbons (Fsp3) is 0. The molecule has 2 aliphatic heterocycles. The fourth-order valence-electron chi connectivity index (χ4n) is 1.88. The Morgan fingerprint density at radius 3 is 1.95 bits per heavy atom. The van der Waals surface area contributed by atoms with Gasteiger partial charge in [-0.2, -0.15) is 4.57 Å². The second-order valence-corrected chi connectivity index (χ2v) is 5.10. The first-order valence-electron chi connectivity index (χ1n) is 4.76. The maximum Gasteiger partial charge on any atom is 0.647 e. The first-order valence-corrected chi connectivity index (χ1v) is 6.22. The Morgan fingerprint density at radius 1 is 1.00 bits per heavy atom. The van der Waals surface area contributed by atoms with E-state index < -0.39 is 57.8 Å². The number of nitro groups is 2. The lowest BCUT2D eigenvalue weighted by Gasteiger charge is -2.12. The van der Waals surface area contributed by atoms with Crippen LogP contribution in [0.2, 0.25) is 0 Å². The van der Waals surface area contributed by atoms with E-state index in [4.69, 9.17) is 5.73 Å². The highest BCUT2D eigenvalue weighted by Crippen LogP contribution is 2.73. The highest BCUT2D eigenvalue weighted by Gasteiger charge is 2.59. The number of nitrogens with two attached hydrogens (primary N) is 1. The summed E-state index contributed by atoms with van der Waals surface area (Å²) in [6.07, 6.45) is 0. The van der Waals surface area contributed by atoms with Crippen molar-refractivity contribution in [3.63, 3.8) is 0 Å². The van der Waals surface area contributed by atoms with E-state index in [9.17, 15) is 29.6 Å². The number of carbonyl (C=O) groups is 1. The molecule has 0 aliphatic carbocycles. The van der Waals surface area contributed by atoms with Crippen LogP contribution in [0, 0.1) is 20.2 Å². The maximum absolute atomic E-state index is 11.7. The number of primary amides is 1. The van der Waals surface area contributed by atoms with E-state index in [1.807, 2.05) is 0 Å². The van der Waals surface area contributed by atoms with Gasteiger partial charge in [-0.15, -0.1) is 0 Å². The molecule has 2 aliphatic rings. The third-order valence-electron chi connectivity index (χ3n) is 2.54. The summed E-state index contributed by atoms with van der Waals surface area (Å²) in [6, 6.07) is 0. The highest BCUT2D eigenvalue weighted by molar-refractivity contribution is 7.50. The Balaban J connectivity index is 2.50.